The third-order valence-electron chi connectivity index (χ3n) is 3.31. The maximum Gasteiger partial charge on any atom is 0.185 e. The van der Waals surface area contributed by atoms with Crippen molar-refractivity contribution < 1.29 is 14.3 Å². The van der Waals surface area contributed by atoms with Crippen LogP contribution in [0.5, 0.6) is 0 Å². The van der Waals surface area contributed by atoms with Crippen molar-refractivity contribution in [3.8, 4) is 0 Å². The molecular weight excluding hydrogens is 300 g/mol. The Hall–Kier alpha value is -1.89. The number of furan rings is 1. The SMILES string of the molecule is CN=c1sc2ccccc2n1C[C@H](O)COCc1ccco1. The van der Waals surface area contributed by atoms with Crippen LogP contribution in [-0.2, 0) is 17.9 Å². The van der Waals surface area contributed by atoms with Crippen LogP contribution in [0.1, 0.15) is 5.76 Å². The van der Waals surface area contributed by atoms with Crippen LogP contribution in [0.25, 0.3) is 10.2 Å². The number of hydrogen-bond acceptors (Lipinski definition) is 5. The molecular formula is C16H18N2O3S. The summed E-state index contributed by atoms with van der Waals surface area (Å²) < 4.78 is 13.9. The van der Waals surface area contributed by atoms with E-state index in [4.69, 9.17) is 9.15 Å². The molecule has 6 heteroatoms. The van der Waals surface area contributed by atoms with Crippen molar-refractivity contribution in [2.45, 2.75) is 19.3 Å². The molecule has 0 unspecified atom stereocenters. The van der Waals surface area contributed by atoms with Gasteiger partial charge in [0.25, 0.3) is 0 Å². The Kier molecular flexibility index (Phi) is 4.72. The van der Waals surface area contributed by atoms with Crippen molar-refractivity contribution in [1.82, 2.24) is 4.57 Å². The van der Waals surface area contributed by atoms with Gasteiger partial charge >= 0.3 is 0 Å². The Morgan fingerprint density at radius 1 is 1.32 bits per heavy atom. The van der Waals surface area contributed by atoms with Gasteiger partial charge in [0.1, 0.15) is 12.4 Å². The number of fused-ring (bicyclic) bond motifs is 1. The van der Waals surface area contributed by atoms with E-state index in [0.29, 0.717) is 13.2 Å². The number of hydrogen-bond donors (Lipinski definition) is 1. The monoisotopic (exact) mass is 318 g/mol. The summed E-state index contributed by atoms with van der Waals surface area (Å²) in [4.78, 5) is 5.19. The van der Waals surface area contributed by atoms with Crippen molar-refractivity contribution >= 4 is 21.6 Å². The van der Waals surface area contributed by atoms with Gasteiger partial charge in [0.2, 0.25) is 0 Å². The molecule has 3 rings (SSSR count). The van der Waals surface area contributed by atoms with Crippen molar-refractivity contribution in [2.75, 3.05) is 13.7 Å². The van der Waals surface area contributed by atoms with E-state index in [1.165, 1.54) is 0 Å². The van der Waals surface area contributed by atoms with Crippen LogP contribution >= 0.6 is 11.3 Å². The second-order valence-electron chi connectivity index (χ2n) is 4.93. The first kappa shape index (κ1) is 15.0. The molecule has 0 radical (unpaired) electrons. The van der Waals surface area contributed by atoms with Gasteiger partial charge in [-0.05, 0) is 24.3 Å². The van der Waals surface area contributed by atoms with E-state index in [2.05, 4.69) is 11.1 Å². The molecule has 1 N–H and O–H groups in total. The molecule has 3 aromatic rings. The number of thiazole rings is 1. The molecule has 22 heavy (non-hydrogen) atoms. The number of benzene rings is 1. The quantitative estimate of drug-likeness (QED) is 0.759. The topological polar surface area (TPSA) is 59.9 Å². The third kappa shape index (κ3) is 3.30. The first-order valence-electron chi connectivity index (χ1n) is 7.07. The highest BCUT2D eigenvalue weighted by Gasteiger charge is 2.11. The third-order valence-corrected chi connectivity index (χ3v) is 4.46. The molecule has 0 aliphatic rings. The fourth-order valence-corrected chi connectivity index (χ4v) is 3.32. The Labute approximate surface area is 132 Å². The molecule has 0 fully saturated rings. The lowest BCUT2D eigenvalue weighted by molar-refractivity contribution is 0.0149. The molecule has 0 bridgehead atoms. The van der Waals surface area contributed by atoms with Gasteiger partial charge < -0.3 is 18.8 Å². The molecule has 0 aliphatic heterocycles. The summed E-state index contributed by atoms with van der Waals surface area (Å²) >= 11 is 1.62. The van der Waals surface area contributed by atoms with Crippen LogP contribution in [0.3, 0.4) is 0 Å². The molecule has 1 atom stereocenters. The molecule has 0 spiro atoms. The van der Waals surface area contributed by atoms with Crippen LogP contribution in [0.2, 0.25) is 0 Å². The Morgan fingerprint density at radius 3 is 2.95 bits per heavy atom. The van der Waals surface area contributed by atoms with Gasteiger partial charge in [0, 0.05) is 7.05 Å². The minimum absolute atomic E-state index is 0.251. The van der Waals surface area contributed by atoms with Crippen LogP contribution in [0, 0.1) is 0 Å². The number of ether oxygens (including phenoxy) is 1. The van der Waals surface area contributed by atoms with Gasteiger partial charge in [0.05, 0.1) is 35.7 Å². The molecule has 1 aromatic carbocycles. The van der Waals surface area contributed by atoms with Gasteiger partial charge in [-0.15, -0.1) is 0 Å². The summed E-state index contributed by atoms with van der Waals surface area (Å²) in [5.41, 5.74) is 1.08. The maximum atomic E-state index is 10.2. The van der Waals surface area contributed by atoms with Crippen LogP contribution in [0.4, 0.5) is 0 Å². The zero-order valence-electron chi connectivity index (χ0n) is 12.3. The standard InChI is InChI=1S/C16H18N2O3S/c1-17-16-18(14-6-2-3-7-15(14)22-16)9-12(19)10-20-11-13-5-4-8-21-13/h2-8,12,19H,9-11H2,1H3/t12-/m0/s1. The average Bonchev–Trinajstić information content (AvgIpc) is 3.15. The minimum Gasteiger partial charge on any atom is -0.467 e. The second-order valence-corrected chi connectivity index (χ2v) is 5.94. The van der Waals surface area contributed by atoms with Crippen molar-refractivity contribution in [2.24, 2.45) is 4.99 Å². The number of aliphatic hydroxyl groups is 1. The summed E-state index contributed by atoms with van der Waals surface area (Å²) in [6.45, 7) is 1.07. The van der Waals surface area contributed by atoms with E-state index >= 15 is 0 Å². The molecule has 0 saturated carbocycles. The first-order valence-corrected chi connectivity index (χ1v) is 7.89. The number of para-hydroxylation sites is 1. The highest BCUT2D eigenvalue weighted by atomic mass is 32.1. The minimum atomic E-state index is -0.599. The molecule has 116 valence electrons. The van der Waals surface area contributed by atoms with Gasteiger partial charge in [-0.25, -0.2) is 0 Å². The lowest BCUT2D eigenvalue weighted by atomic mass is 10.3. The Morgan fingerprint density at radius 2 is 2.18 bits per heavy atom. The second kappa shape index (κ2) is 6.91. The first-order chi connectivity index (χ1) is 10.8. The molecule has 2 aromatic heterocycles. The van der Waals surface area contributed by atoms with E-state index in [1.54, 1.807) is 24.6 Å². The molecule has 5 nitrogen and oxygen atoms in total. The number of rotatable bonds is 6. The van der Waals surface area contributed by atoms with Crippen molar-refractivity contribution in [3.05, 3.63) is 53.2 Å². The van der Waals surface area contributed by atoms with E-state index in [0.717, 1.165) is 20.8 Å². The Bertz CT molecular complexity index is 789. The van der Waals surface area contributed by atoms with Crippen LogP contribution < -0.4 is 4.80 Å². The Balaban J connectivity index is 1.67. The van der Waals surface area contributed by atoms with Crippen molar-refractivity contribution in [1.29, 1.82) is 0 Å². The zero-order valence-corrected chi connectivity index (χ0v) is 13.1. The molecule has 0 saturated heterocycles. The summed E-state index contributed by atoms with van der Waals surface area (Å²) in [7, 11) is 1.76. The molecule has 0 aliphatic carbocycles. The normalized spacial score (nSPS) is 13.8. The summed E-state index contributed by atoms with van der Waals surface area (Å²) in [6, 6.07) is 11.8. The summed E-state index contributed by atoms with van der Waals surface area (Å²) in [6.07, 6.45) is 1.01. The van der Waals surface area contributed by atoms with Crippen LogP contribution in [-0.4, -0.2) is 29.4 Å². The smallest absolute Gasteiger partial charge is 0.185 e. The van der Waals surface area contributed by atoms with E-state index in [-0.39, 0.29) is 6.61 Å². The van der Waals surface area contributed by atoms with Gasteiger partial charge in [-0.2, -0.15) is 0 Å². The fraction of sp³-hybridized carbons (Fsp3) is 0.312. The molecule has 0 amide bonds. The van der Waals surface area contributed by atoms with Crippen LogP contribution in [0.15, 0.2) is 52.1 Å². The lowest BCUT2D eigenvalue weighted by Crippen LogP contribution is -2.27. The van der Waals surface area contributed by atoms with E-state index < -0.39 is 6.10 Å². The summed E-state index contributed by atoms with van der Waals surface area (Å²) in [5, 5.41) is 10.2. The van der Waals surface area contributed by atoms with Gasteiger partial charge in [-0.3, -0.25) is 4.99 Å². The predicted octanol–water partition coefficient (Wildman–Crippen LogP) is 2.40. The molecule has 2 heterocycles. The number of aromatic nitrogens is 1. The number of nitrogens with zero attached hydrogens (tertiary/aromatic N) is 2. The van der Waals surface area contributed by atoms with Gasteiger partial charge in [-0.1, -0.05) is 23.5 Å². The van der Waals surface area contributed by atoms with Crippen molar-refractivity contribution in [3.63, 3.8) is 0 Å². The average molecular weight is 318 g/mol. The zero-order chi connectivity index (χ0) is 15.4. The summed E-state index contributed by atoms with van der Waals surface area (Å²) in [5.74, 6) is 0.755. The maximum absolute atomic E-state index is 10.2. The highest BCUT2D eigenvalue weighted by molar-refractivity contribution is 7.16. The van der Waals surface area contributed by atoms with E-state index in [9.17, 15) is 5.11 Å². The highest BCUT2D eigenvalue weighted by Crippen LogP contribution is 2.17. The largest absolute Gasteiger partial charge is 0.467 e. The predicted molar refractivity (Wildman–Crippen MR) is 85.7 cm³/mol. The fourth-order valence-electron chi connectivity index (χ4n) is 2.32. The number of aliphatic hydroxyl groups excluding tert-OH is 1. The van der Waals surface area contributed by atoms with Gasteiger partial charge in [0.15, 0.2) is 4.80 Å². The lowest BCUT2D eigenvalue weighted by Gasteiger charge is -2.12. The van der Waals surface area contributed by atoms with E-state index in [1.807, 2.05) is 34.9 Å².